The zero-order chi connectivity index (χ0) is 11.4. The molecule has 1 aromatic carbocycles. The molecule has 1 rings (SSSR count). The Labute approximate surface area is 95.5 Å². The summed E-state index contributed by atoms with van der Waals surface area (Å²) in [5.41, 5.74) is 6.87. The maximum absolute atomic E-state index is 8.74. The Kier molecular flexibility index (Phi) is 4.05. The van der Waals surface area contributed by atoms with Gasteiger partial charge < -0.3 is 5.73 Å². The summed E-state index contributed by atoms with van der Waals surface area (Å²) in [5, 5.41) is 9.30. The van der Waals surface area contributed by atoms with Gasteiger partial charge in [-0.25, -0.2) is 0 Å². The molecule has 80 valence electrons. The van der Waals surface area contributed by atoms with E-state index in [-0.39, 0.29) is 0 Å². The number of thioether (sulfide) groups is 1. The van der Waals surface area contributed by atoms with E-state index >= 15 is 0 Å². The SMILES string of the molecule is CC(C)C(C)Sc1ccc(C#N)c(N)c1. The average Bonchev–Trinajstić information content (AvgIpc) is 2.18. The van der Waals surface area contributed by atoms with Gasteiger partial charge in [0, 0.05) is 10.1 Å². The lowest BCUT2D eigenvalue weighted by Crippen LogP contribution is -2.05. The van der Waals surface area contributed by atoms with Gasteiger partial charge in [0.1, 0.15) is 6.07 Å². The van der Waals surface area contributed by atoms with Gasteiger partial charge in [-0.2, -0.15) is 5.26 Å². The third-order valence-corrected chi connectivity index (χ3v) is 3.85. The van der Waals surface area contributed by atoms with Crippen molar-refractivity contribution in [3.8, 4) is 6.07 Å². The molecule has 0 bridgehead atoms. The molecule has 1 aromatic rings. The normalized spacial score (nSPS) is 12.5. The predicted octanol–water partition coefficient (Wildman–Crippen LogP) is 3.28. The molecule has 2 N–H and O–H groups in total. The highest BCUT2D eigenvalue weighted by Crippen LogP contribution is 2.29. The summed E-state index contributed by atoms with van der Waals surface area (Å²) in [7, 11) is 0. The number of nitrogens with two attached hydrogens (primary N) is 1. The summed E-state index contributed by atoms with van der Waals surface area (Å²) in [6, 6.07) is 7.68. The highest BCUT2D eigenvalue weighted by atomic mass is 32.2. The highest BCUT2D eigenvalue weighted by Gasteiger charge is 2.09. The Balaban J connectivity index is 2.81. The van der Waals surface area contributed by atoms with E-state index in [1.807, 2.05) is 12.1 Å². The van der Waals surface area contributed by atoms with Gasteiger partial charge in [-0.15, -0.1) is 11.8 Å². The number of nitriles is 1. The van der Waals surface area contributed by atoms with E-state index in [0.29, 0.717) is 22.4 Å². The van der Waals surface area contributed by atoms with Crippen LogP contribution in [0.15, 0.2) is 23.1 Å². The molecule has 0 heterocycles. The first-order valence-electron chi connectivity index (χ1n) is 5.01. The van der Waals surface area contributed by atoms with Gasteiger partial charge >= 0.3 is 0 Å². The van der Waals surface area contributed by atoms with Crippen molar-refractivity contribution in [2.45, 2.75) is 30.9 Å². The molecule has 0 aliphatic carbocycles. The first-order chi connectivity index (χ1) is 7.04. The molecule has 0 saturated heterocycles. The fourth-order valence-electron chi connectivity index (χ4n) is 1.07. The van der Waals surface area contributed by atoms with Crippen LogP contribution in [-0.4, -0.2) is 5.25 Å². The van der Waals surface area contributed by atoms with Crippen molar-refractivity contribution < 1.29 is 0 Å². The summed E-state index contributed by atoms with van der Waals surface area (Å²) < 4.78 is 0. The van der Waals surface area contributed by atoms with Crippen LogP contribution in [0.5, 0.6) is 0 Å². The molecule has 0 radical (unpaired) electrons. The van der Waals surface area contributed by atoms with Gasteiger partial charge in [-0.05, 0) is 24.1 Å². The van der Waals surface area contributed by atoms with Crippen molar-refractivity contribution in [3.63, 3.8) is 0 Å². The van der Waals surface area contributed by atoms with E-state index in [9.17, 15) is 0 Å². The van der Waals surface area contributed by atoms with E-state index in [0.717, 1.165) is 4.90 Å². The molecular weight excluding hydrogens is 204 g/mol. The van der Waals surface area contributed by atoms with Crippen LogP contribution in [0.25, 0.3) is 0 Å². The molecule has 1 atom stereocenters. The number of nitrogens with zero attached hydrogens (tertiary/aromatic N) is 1. The number of rotatable bonds is 3. The molecule has 0 aliphatic heterocycles. The molecule has 3 heteroatoms. The lowest BCUT2D eigenvalue weighted by Gasteiger charge is -2.15. The quantitative estimate of drug-likeness (QED) is 0.628. The molecule has 1 unspecified atom stereocenters. The molecule has 0 aromatic heterocycles. The topological polar surface area (TPSA) is 49.8 Å². The number of nitrogen functional groups attached to an aromatic ring is 1. The second-order valence-corrected chi connectivity index (χ2v) is 5.38. The molecular formula is C12H16N2S. The van der Waals surface area contributed by atoms with E-state index in [1.165, 1.54) is 0 Å². The van der Waals surface area contributed by atoms with Crippen molar-refractivity contribution >= 4 is 17.4 Å². The smallest absolute Gasteiger partial charge is 0.101 e. The Morgan fingerprint density at radius 3 is 2.47 bits per heavy atom. The molecule has 2 nitrogen and oxygen atoms in total. The van der Waals surface area contributed by atoms with Crippen molar-refractivity contribution in [2.75, 3.05) is 5.73 Å². The molecule has 0 fully saturated rings. The Morgan fingerprint density at radius 2 is 2.00 bits per heavy atom. The number of anilines is 1. The maximum Gasteiger partial charge on any atom is 0.101 e. The average molecular weight is 220 g/mol. The number of hydrogen-bond donors (Lipinski definition) is 1. The second-order valence-electron chi connectivity index (χ2n) is 3.93. The lowest BCUT2D eigenvalue weighted by atomic mass is 10.2. The Bertz CT molecular complexity index is 380. The van der Waals surface area contributed by atoms with Gasteiger partial charge in [-0.1, -0.05) is 20.8 Å². The zero-order valence-corrected chi connectivity index (χ0v) is 10.1. The minimum Gasteiger partial charge on any atom is -0.398 e. The summed E-state index contributed by atoms with van der Waals surface area (Å²) in [6.07, 6.45) is 0. The van der Waals surface area contributed by atoms with E-state index in [4.69, 9.17) is 11.0 Å². The van der Waals surface area contributed by atoms with Crippen LogP contribution < -0.4 is 5.73 Å². The molecule has 0 spiro atoms. The maximum atomic E-state index is 8.74. The largest absolute Gasteiger partial charge is 0.398 e. The fraction of sp³-hybridized carbons (Fsp3) is 0.417. The monoisotopic (exact) mass is 220 g/mol. The van der Waals surface area contributed by atoms with Crippen LogP contribution in [0.4, 0.5) is 5.69 Å². The first kappa shape index (κ1) is 11.9. The minimum atomic E-state index is 0.552. The second kappa shape index (κ2) is 5.09. The van der Waals surface area contributed by atoms with Crippen LogP contribution in [0, 0.1) is 17.2 Å². The Morgan fingerprint density at radius 1 is 1.33 bits per heavy atom. The summed E-state index contributed by atoms with van der Waals surface area (Å²) in [5.74, 6) is 0.631. The van der Waals surface area contributed by atoms with Crippen LogP contribution >= 0.6 is 11.8 Å². The standard InChI is InChI=1S/C12H16N2S/c1-8(2)9(3)15-11-5-4-10(7-13)12(14)6-11/h4-6,8-9H,14H2,1-3H3. The van der Waals surface area contributed by atoms with E-state index < -0.39 is 0 Å². The fourth-order valence-corrected chi connectivity index (χ4v) is 2.11. The van der Waals surface area contributed by atoms with Gasteiger partial charge in [0.15, 0.2) is 0 Å². The zero-order valence-electron chi connectivity index (χ0n) is 9.32. The van der Waals surface area contributed by atoms with E-state index in [1.54, 1.807) is 17.8 Å². The number of benzene rings is 1. The molecule has 0 aliphatic rings. The summed E-state index contributed by atoms with van der Waals surface area (Å²) >= 11 is 1.80. The third kappa shape index (κ3) is 3.17. The minimum absolute atomic E-state index is 0.552. The van der Waals surface area contributed by atoms with Crippen molar-refractivity contribution in [2.24, 2.45) is 5.92 Å². The first-order valence-corrected chi connectivity index (χ1v) is 5.89. The van der Waals surface area contributed by atoms with Gasteiger partial charge in [-0.3, -0.25) is 0 Å². The van der Waals surface area contributed by atoms with Gasteiger partial charge in [0.2, 0.25) is 0 Å². The molecule has 15 heavy (non-hydrogen) atoms. The summed E-state index contributed by atoms with van der Waals surface area (Å²) in [6.45, 7) is 6.60. The van der Waals surface area contributed by atoms with Crippen LogP contribution in [0.1, 0.15) is 26.3 Å². The van der Waals surface area contributed by atoms with Crippen LogP contribution in [0.2, 0.25) is 0 Å². The Hall–Kier alpha value is -1.14. The van der Waals surface area contributed by atoms with E-state index in [2.05, 4.69) is 26.8 Å². The highest BCUT2D eigenvalue weighted by molar-refractivity contribution is 8.00. The van der Waals surface area contributed by atoms with Gasteiger partial charge in [0.05, 0.1) is 11.3 Å². The lowest BCUT2D eigenvalue weighted by molar-refractivity contribution is 0.642. The molecule has 0 amide bonds. The predicted molar refractivity (Wildman–Crippen MR) is 65.7 cm³/mol. The third-order valence-electron chi connectivity index (χ3n) is 2.40. The number of hydrogen-bond acceptors (Lipinski definition) is 3. The van der Waals surface area contributed by atoms with Crippen LogP contribution in [-0.2, 0) is 0 Å². The van der Waals surface area contributed by atoms with Crippen molar-refractivity contribution in [1.29, 1.82) is 5.26 Å². The molecule has 0 saturated carbocycles. The van der Waals surface area contributed by atoms with Crippen molar-refractivity contribution in [3.05, 3.63) is 23.8 Å². The van der Waals surface area contributed by atoms with Gasteiger partial charge in [0.25, 0.3) is 0 Å². The summed E-state index contributed by atoms with van der Waals surface area (Å²) in [4.78, 5) is 1.13. The van der Waals surface area contributed by atoms with Crippen LogP contribution in [0.3, 0.4) is 0 Å². The van der Waals surface area contributed by atoms with Crippen molar-refractivity contribution in [1.82, 2.24) is 0 Å².